The van der Waals surface area contributed by atoms with Gasteiger partial charge < -0.3 is 5.32 Å². The Bertz CT molecular complexity index is 658. The SMILES string of the molecule is Fc1ccc(CNc2cc(Br)ccc2Cl)cc1C(F)(F)F. The lowest BCUT2D eigenvalue weighted by atomic mass is 10.1. The Labute approximate surface area is 132 Å². The van der Waals surface area contributed by atoms with Gasteiger partial charge in [0, 0.05) is 11.0 Å². The van der Waals surface area contributed by atoms with Gasteiger partial charge in [0.2, 0.25) is 0 Å². The van der Waals surface area contributed by atoms with Gasteiger partial charge in [0.1, 0.15) is 5.82 Å². The lowest BCUT2D eigenvalue weighted by molar-refractivity contribution is -0.140. The molecule has 7 heteroatoms. The maximum Gasteiger partial charge on any atom is 0.419 e. The highest BCUT2D eigenvalue weighted by molar-refractivity contribution is 9.10. The van der Waals surface area contributed by atoms with Gasteiger partial charge in [0.25, 0.3) is 0 Å². The molecular formula is C14H9BrClF4N. The molecule has 1 N–H and O–H groups in total. The van der Waals surface area contributed by atoms with Crippen LogP contribution in [0, 0.1) is 5.82 Å². The van der Waals surface area contributed by atoms with E-state index in [1.165, 1.54) is 6.07 Å². The molecule has 0 saturated carbocycles. The minimum Gasteiger partial charge on any atom is -0.380 e. The normalized spacial score (nSPS) is 11.5. The first kappa shape index (κ1) is 16.1. The van der Waals surface area contributed by atoms with E-state index in [0.29, 0.717) is 16.3 Å². The topological polar surface area (TPSA) is 12.0 Å². The fourth-order valence-electron chi connectivity index (χ4n) is 1.73. The van der Waals surface area contributed by atoms with E-state index in [-0.39, 0.29) is 6.54 Å². The smallest absolute Gasteiger partial charge is 0.380 e. The van der Waals surface area contributed by atoms with E-state index in [0.717, 1.165) is 16.6 Å². The molecule has 2 aromatic rings. The van der Waals surface area contributed by atoms with Crippen molar-refractivity contribution in [1.29, 1.82) is 0 Å². The molecule has 0 aliphatic rings. The van der Waals surface area contributed by atoms with Gasteiger partial charge in [0.05, 0.1) is 16.3 Å². The van der Waals surface area contributed by atoms with Gasteiger partial charge >= 0.3 is 6.18 Å². The highest BCUT2D eigenvalue weighted by Gasteiger charge is 2.34. The van der Waals surface area contributed by atoms with Crippen LogP contribution in [-0.2, 0) is 12.7 Å². The highest BCUT2D eigenvalue weighted by Crippen LogP contribution is 2.32. The first-order valence-electron chi connectivity index (χ1n) is 5.82. The third kappa shape index (κ3) is 4.11. The van der Waals surface area contributed by atoms with E-state index < -0.39 is 17.6 Å². The van der Waals surface area contributed by atoms with Gasteiger partial charge in [-0.15, -0.1) is 0 Å². The summed E-state index contributed by atoms with van der Waals surface area (Å²) in [6.07, 6.45) is -4.71. The number of nitrogens with one attached hydrogen (secondary N) is 1. The molecule has 112 valence electrons. The summed E-state index contributed by atoms with van der Waals surface area (Å²) < 4.78 is 51.8. The summed E-state index contributed by atoms with van der Waals surface area (Å²) in [5.41, 5.74) is -0.397. The molecule has 0 aromatic heterocycles. The van der Waals surface area contributed by atoms with Crippen LogP contribution in [0.4, 0.5) is 23.2 Å². The Hall–Kier alpha value is -1.27. The Morgan fingerprint density at radius 3 is 2.48 bits per heavy atom. The van der Waals surface area contributed by atoms with Gasteiger partial charge in [-0.1, -0.05) is 33.6 Å². The summed E-state index contributed by atoms with van der Waals surface area (Å²) >= 11 is 9.24. The van der Waals surface area contributed by atoms with Gasteiger partial charge in [0.15, 0.2) is 0 Å². The Morgan fingerprint density at radius 2 is 1.81 bits per heavy atom. The molecule has 0 bridgehead atoms. The van der Waals surface area contributed by atoms with E-state index >= 15 is 0 Å². The van der Waals surface area contributed by atoms with Crippen molar-refractivity contribution in [3.05, 3.63) is 62.8 Å². The zero-order valence-corrected chi connectivity index (χ0v) is 12.8. The molecule has 2 rings (SSSR count). The van der Waals surface area contributed by atoms with Crippen LogP contribution >= 0.6 is 27.5 Å². The zero-order chi connectivity index (χ0) is 15.6. The summed E-state index contributed by atoms with van der Waals surface area (Å²) in [6, 6.07) is 7.99. The van der Waals surface area contributed by atoms with Crippen LogP contribution < -0.4 is 5.32 Å². The summed E-state index contributed by atoms with van der Waals surface area (Å²) in [4.78, 5) is 0. The molecule has 0 atom stereocenters. The molecule has 0 saturated heterocycles. The maximum atomic E-state index is 13.2. The van der Waals surface area contributed by atoms with Gasteiger partial charge in [-0.25, -0.2) is 4.39 Å². The lowest BCUT2D eigenvalue weighted by Crippen LogP contribution is -2.10. The molecule has 2 aromatic carbocycles. The molecule has 1 nitrogen and oxygen atoms in total. The quantitative estimate of drug-likeness (QED) is 0.654. The maximum absolute atomic E-state index is 13.2. The standard InChI is InChI=1S/C14H9BrClF4N/c15-9-2-3-11(16)13(6-9)21-7-8-1-4-12(17)10(5-8)14(18,19)20/h1-6,21H,7H2. The van der Waals surface area contributed by atoms with Crippen LogP contribution in [0.3, 0.4) is 0 Å². The van der Waals surface area contributed by atoms with Crippen molar-refractivity contribution in [2.45, 2.75) is 12.7 Å². The first-order valence-corrected chi connectivity index (χ1v) is 6.99. The van der Waals surface area contributed by atoms with E-state index in [4.69, 9.17) is 11.6 Å². The van der Waals surface area contributed by atoms with E-state index in [9.17, 15) is 17.6 Å². The predicted molar refractivity (Wildman–Crippen MR) is 77.9 cm³/mol. The third-order valence-corrected chi connectivity index (χ3v) is 3.57. The molecule has 21 heavy (non-hydrogen) atoms. The van der Waals surface area contributed by atoms with E-state index in [1.54, 1.807) is 18.2 Å². The second-order valence-corrected chi connectivity index (χ2v) is 5.61. The molecular weight excluding hydrogens is 374 g/mol. The number of halogens is 6. The fourth-order valence-corrected chi connectivity index (χ4v) is 2.28. The summed E-state index contributed by atoms with van der Waals surface area (Å²) in [5.74, 6) is -1.29. The minimum atomic E-state index is -4.71. The monoisotopic (exact) mass is 381 g/mol. The van der Waals surface area contributed by atoms with Crippen LogP contribution in [0.2, 0.25) is 5.02 Å². The van der Waals surface area contributed by atoms with Crippen LogP contribution in [0.1, 0.15) is 11.1 Å². The molecule has 0 unspecified atom stereocenters. The van der Waals surface area contributed by atoms with Crippen LogP contribution in [0.25, 0.3) is 0 Å². The zero-order valence-electron chi connectivity index (χ0n) is 10.4. The number of benzene rings is 2. The number of rotatable bonds is 3. The molecule has 0 aliphatic carbocycles. The van der Waals surface area contributed by atoms with Crippen molar-refractivity contribution in [2.24, 2.45) is 0 Å². The van der Waals surface area contributed by atoms with E-state index in [2.05, 4.69) is 21.2 Å². The average Bonchev–Trinajstić information content (AvgIpc) is 2.40. The van der Waals surface area contributed by atoms with Crippen molar-refractivity contribution < 1.29 is 17.6 Å². The number of anilines is 1. The Balaban J connectivity index is 2.19. The molecule has 0 fully saturated rings. The van der Waals surface area contributed by atoms with Crippen LogP contribution in [0.15, 0.2) is 40.9 Å². The summed E-state index contributed by atoms with van der Waals surface area (Å²) in [5, 5.41) is 3.36. The van der Waals surface area contributed by atoms with Crippen molar-refractivity contribution >= 4 is 33.2 Å². The second-order valence-electron chi connectivity index (χ2n) is 4.29. The average molecular weight is 383 g/mol. The van der Waals surface area contributed by atoms with Crippen molar-refractivity contribution in [3.63, 3.8) is 0 Å². The largest absolute Gasteiger partial charge is 0.419 e. The molecule has 0 amide bonds. The molecule has 0 spiro atoms. The lowest BCUT2D eigenvalue weighted by Gasteiger charge is -2.12. The third-order valence-electron chi connectivity index (χ3n) is 2.75. The Morgan fingerprint density at radius 1 is 1.10 bits per heavy atom. The minimum absolute atomic E-state index is 0.0968. The van der Waals surface area contributed by atoms with Crippen molar-refractivity contribution in [3.8, 4) is 0 Å². The van der Waals surface area contributed by atoms with Gasteiger partial charge in [-0.3, -0.25) is 0 Å². The van der Waals surface area contributed by atoms with Gasteiger partial charge in [-0.05, 0) is 35.9 Å². The van der Waals surface area contributed by atoms with E-state index in [1.807, 2.05) is 0 Å². The summed E-state index contributed by atoms with van der Waals surface area (Å²) in [7, 11) is 0. The molecule has 0 heterocycles. The van der Waals surface area contributed by atoms with Crippen molar-refractivity contribution in [2.75, 3.05) is 5.32 Å². The van der Waals surface area contributed by atoms with Crippen molar-refractivity contribution in [1.82, 2.24) is 0 Å². The van der Waals surface area contributed by atoms with Gasteiger partial charge in [-0.2, -0.15) is 13.2 Å². The Kier molecular flexibility index (Phi) is 4.78. The number of hydrogen-bond donors (Lipinski definition) is 1. The molecule has 0 aliphatic heterocycles. The van der Waals surface area contributed by atoms with Crippen LogP contribution in [0.5, 0.6) is 0 Å². The second kappa shape index (κ2) is 6.23. The first-order chi connectivity index (χ1) is 9.77. The molecule has 0 radical (unpaired) electrons. The fraction of sp³-hybridized carbons (Fsp3) is 0.143. The number of hydrogen-bond acceptors (Lipinski definition) is 1. The predicted octanol–water partition coefficient (Wildman–Crippen LogP) is 5.87. The highest BCUT2D eigenvalue weighted by atomic mass is 79.9. The summed E-state index contributed by atoms with van der Waals surface area (Å²) in [6.45, 7) is 0.0968. The number of alkyl halides is 3. The van der Waals surface area contributed by atoms with Crippen LogP contribution in [-0.4, -0.2) is 0 Å².